The van der Waals surface area contributed by atoms with E-state index in [4.69, 9.17) is 0 Å². The summed E-state index contributed by atoms with van der Waals surface area (Å²) in [5, 5.41) is 8.39. The topological polar surface area (TPSA) is 0 Å². The zero-order valence-electron chi connectivity index (χ0n) is 26.0. The summed E-state index contributed by atoms with van der Waals surface area (Å²) in [7, 11) is 3.60. The summed E-state index contributed by atoms with van der Waals surface area (Å²) in [6, 6.07) is 74.5. The first kappa shape index (κ1) is 36.1. The van der Waals surface area contributed by atoms with Gasteiger partial charge in [0.15, 0.2) is 0 Å². The molecule has 0 saturated carbocycles. The molecule has 0 saturated heterocycles. The summed E-state index contributed by atoms with van der Waals surface area (Å²) in [6.07, 6.45) is 0. The Kier molecular flexibility index (Phi) is 16.2. The molecule has 4 heteroatoms. The smallest absolute Gasteiger partial charge is 0.0134 e. The molecule has 0 bridgehead atoms. The number of hydrogen-bond donors (Lipinski definition) is 0. The van der Waals surface area contributed by atoms with E-state index in [0.29, 0.717) is 0 Å². The molecule has 0 fully saturated rings. The Morgan fingerprint density at radius 1 is 0.277 bits per heavy atom. The molecule has 0 heterocycles. The molecule has 7 aromatic rings. The fraction of sp³-hybridized carbons (Fsp3) is 0. The number of rotatable bonds is 6. The quantitative estimate of drug-likeness (QED) is 0.0902. The van der Waals surface area contributed by atoms with Gasteiger partial charge in [0.2, 0.25) is 0 Å². The van der Waals surface area contributed by atoms with E-state index >= 15 is 0 Å². The molecular weight excluding hydrogens is 720 g/mol. The molecule has 236 valence electrons. The minimum absolute atomic E-state index is 0.446. The van der Waals surface area contributed by atoms with Crippen LogP contribution < -0.4 is 31.8 Å². The van der Waals surface area contributed by atoms with Crippen molar-refractivity contribution < 1.29 is 18.2 Å². The second-order valence-corrected chi connectivity index (χ2v) is 14.6. The molecule has 0 N–H and O–H groups in total. The Hall–Kier alpha value is -3.78. The predicted octanol–water partition coefficient (Wildman–Crippen LogP) is 9.45. The molecule has 0 nitrogen and oxygen atoms in total. The maximum absolute atomic E-state index is 4.49. The molecular formula is C43H37ClP2Pd. The van der Waals surface area contributed by atoms with Crippen LogP contribution >= 0.6 is 25.4 Å². The van der Waals surface area contributed by atoms with Crippen molar-refractivity contribution in [2.45, 2.75) is 0 Å². The molecule has 7 aromatic carbocycles. The molecule has 7 rings (SSSR count). The van der Waals surface area contributed by atoms with Gasteiger partial charge < -0.3 is 0 Å². The molecule has 0 radical (unpaired) electrons. The van der Waals surface area contributed by atoms with Crippen LogP contribution in [0.3, 0.4) is 0 Å². The van der Waals surface area contributed by atoms with Gasteiger partial charge >= 0.3 is 27.7 Å². The van der Waals surface area contributed by atoms with Crippen LogP contribution in [0.2, 0.25) is 0 Å². The first-order valence-electron chi connectivity index (χ1n) is 15.2. The van der Waals surface area contributed by atoms with Crippen molar-refractivity contribution in [2.75, 3.05) is 0 Å². The van der Waals surface area contributed by atoms with Crippen LogP contribution in [0.5, 0.6) is 0 Å². The normalized spacial score (nSPS) is 9.98. The van der Waals surface area contributed by atoms with Gasteiger partial charge in [-0.15, -0.1) is 12.1 Å². The van der Waals surface area contributed by atoms with E-state index in [1.807, 2.05) is 30.3 Å². The maximum atomic E-state index is 4.49. The van der Waals surface area contributed by atoms with Gasteiger partial charge in [0.1, 0.15) is 0 Å². The number of hydrogen-bond acceptors (Lipinski definition) is 0. The zero-order valence-corrected chi connectivity index (χ0v) is 30.1. The van der Waals surface area contributed by atoms with Gasteiger partial charge in [-0.2, -0.15) is 24.6 Å². The van der Waals surface area contributed by atoms with Crippen LogP contribution in [-0.2, 0) is 18.2 Å². The molecule has 0 aliphatic heterocycles. The number of halogens is 1. The third-order valence-electron chi connectivity index (χ3n) is 6.93. The summed E-state index contributed by atoms with van der Waals surface area (Å²) in [5.41, 5.74) is 1.07. The summed E-state index contributed by atoms with van der Waals surface area (Å²) in [5.74, 6) is 0. The van der Waals surface area contributed by atoms with E-state index in [-0.39, 0.29) is 0 Å². The number of benzene rings is 7. The Balaban J connectivity index is 0.000000170. The van der Waals surface area contributed by atoms with Crippen molar-refractivity contribution >= 4 is 57.2 Å². The molecule has 0 aromatic heterocycles. The van der Waals surface area contributed by atoms with Gasteiger partial charge in [0, 0.05) is 0 Å². The van der Waals surface area contributed by atoms with E-state index in [2.05, 4.69) is 217 Å². The van der Waals surface area contributed by atoms with Crippen molar-refractivity contribution in [1.82, 2.24) is 0 Å². The first-order valence-corrected chi connectivity index (χ1v) is 19.9. The molecule has 0 atom stereocenters. The van der Waals surface area contributed by atoms with Gasteiger partial charge in [-0.3, -0.25) is 0 Å². The van der Waals surface area contributed by atoms with Gasteiger partial charge in [-0.25, -0.2) is 0 Å². The standard InChI is InChI=1S/2C18H15P.C7H7.ClH.Pd/c2*1-4-10-16(11-5-1)19(17-12-6-2-7-13-17)18-14-8-3-9-15-18;1-7-5-3-2-4-6-7;;/h2*1-15H;2-6H,1H2;1H;/q;;-1;;+2/p-1. The van der Waals surface area contributed by atoms with Crippen LogP contribution in [-0.4, -0.2) is 0 Å². The molecule has 47 heavy (non-hydrogen) atoms. The maximum Gasteiger partial charge on any atom is -0.0134 e. The summed E-state index contributed by atoms with van der Waals surface area (Å²) >= 11 is 2.22. The summed E-state index contributed by atoms with van der Waals surface area (Å²) < 4.78 is 0. The second-order valence-electron chi connectivity index (χ2n) is 10.2. The van der Waals surface area contributed by atoms with Crippen molar-refractivity contribution in [2.24, 2.45) is 0 Å². The van der Waals surface area contributed by atoms with Crippen LogP contribution in [0.25, 0.3) is 0 Å². The average molecular weight is 758 g/mol. The molecule has 0 spiro atoms. The van der Waals surface area contributed by atoms with Gasteiger partial charge in [-0.05, 0) is 47.7 Å². The van der Waals surface area contributed by atoms with Gasteiger partial charge in [0.05, 0.1) is 0 Å². The Bertz CT molecular complexity index is 1470. The fourth-order valence-corrected chi connectivity index (χ4v) is 9.45. The SMILES string of the molecule is [CH2-]c1ccccc1.[Cl][Pd+].c1ccc(P(c2ccccc2)c2ccccc2)cc1.c1ccc(P(c2ccccc2)c2ccccc2)cc1. The van der Waals surface area contributed by atoms with E-state index in [0.717, 1.165) is 5.56 Å². The first-order chi connectivity index (χ1) is 23.3. The fourth-order valence-electron chi connectivity index (χ4n) is 4.83. The van der Waals surface area contributed by atoms with Gasteiger partial charge in [-0.1, -0.05) is 188 Å². The molecule has 0 aliphatic carbocycles. The molecule has 0 unspecified atom stereocenters. The van der Waals surface area contributed by atoms with Crippen LogP contribution in [0.1, 0.15) is 5.56 Å². The van der Waals surface area contributed by atoms with E-state index < -0.39 is 15.8 Å². The van der Waals surface area contributed by atoms with Crippen molar-refractivity contribution in [3.8, 4) is 0 Å². The average Bonchev–Trinajstić information content (AvgIpc) is 3.16. The summed E-state index contributed by atoms with van der Waals surface area (Å²) in [6.45, 7) is 3.72. The van der Waals surface area contributed by atoms with Crippen LogP contribution in [0.4, 0.5) is 0 Å². The third-order valence-corrected chi connectivity index (χ3v) is 11.8. The minimum Gasteiger partial charge on any atom is -0.0622 e. The second kappa shape index (κ2) is 21.2. The molecule has 0 amide bonds. The Morgan fingerprint density at radius 2 is 0.426 bits per heavy atom. The summed E-state index contributed by atoms with van der Waals surface area (Å²) in [4.78, 5) is 0. The predicted molar refractivity (Wildman–Crippen MR) is 207 cm³/mol. The largest absolute Gasteiger partial charge is 0.0622 e. The minimum atomic E-state index is -0.446. The third kappa shape index (κ3) is 11.8. The van der Waals surface area contributed by atoms with Crippen molar-refractivity contribution in [3.05, 3.63) is 225 Å². The van der Waals surface area contributed by atoms with E-state index in [9.17, 15) is 0 Å². The van der Waals surface area contributed by atoms with Crippen molar-refractivity contribution in [3.63, 3.8) is 0 Å². The van der Waals surface area contributed by atoms with Gasteiger partial charge in [0.25, 0.3) is 0 Å². The van der Waals surface area contributed by atoms with Crippen LogP contribution in [0, 0.1) is 6.92 Å². The molecule has 0 aliphatic rings. The van der Waals surface area contributed by atoms with E-state index in [1.54, 1.807) is 0 Å². The Morgan fingerprint density at radius 3 is 0.553 bits per heavy atom. The Labute approximate surface area is 298 Å². The monoisotopic (exact) mass is 756 g/mol. The zero-order chi connectivity index (χ0) is 32.9. The van der Waals surface area contributed by atoms with Crippen molar-refractivity contribution in [1.29, 1.82) is 0 Å². The van der Waals surface area contributed by atoms with E-state index in [1.165, 1.54) is 31.8 Å². The van der Waals surface area contributed by atoms with Crippen LogP contribution in [0.15, 0.2) is 212 Å².